The number of carbonyl (C=O) groups excluding carboxylic acids is 1. The van der Waals surface area contributed by atoms with E-state index in [0.29, 0.717) is 11.4 Å². The number of carbonyl (C=O) groups is 1. The van der Waals surface area contributed by atoms with Crippen LogP contribution in [0.25, 0.3) is 10.8 Å². The number of ether oxygens (including phenoxy) is 1. The van der Waals surface area contributed by atoms with Crippen molar-refractivity contribution in [2.45, 2.75) is 0 Å². The fraction of sp³-hybridized carbons (Fsp3) is 0.0556. The predicted octanol–water partition coefficient (Wildman–Crippen LogP) is 3.43. The van der Waals surface area contributed by atoms with E-state index in [4.69, 9.17) is 4.74 Å². The molecule has 0 saturated carbocycles. The van der Waals surface area contributed by atoms with E-state index in [1.54, 1.807) is 37.4 Å². The molecule has 3 rings (SSSR count). The molecule has 1 radical (unpaired) electrons. The van der Waals surface area contributed by atoms with E-state index in [9.17, 15) is 9.90 Å². The number of rotatable bonds is 3. The Bertz CT molecular complexity index is 849. The van der Waals surface area contributed by atoms with Gasteiger partial charge in [-0.25, -0.2) is 0 Å². The number of benzene rings is 3. The summed E-state index contributed by atoms with van der Waals surface area (Å²) >= 11 is 0. The molecule has 2 N–H and O–H groups in total. The summed E-state index contributed by atoms with van der Waals surface area (Å²) in [6.07, 6.45) is 0. The van der Waals surface area contributed by atoms with Crippen molar-refractivity contribution in [3.05, 3.63) is 66.2 Å². The van der Waals surface area contributed by atoms with Crippen LogP contribution in [-0.2, 0) is 0 Å². The number of para-hydroxylation sites is 2. The summed E-state index contributed by atoms with van der Waals surface area (Å²) < 4.78 is 5.21. The van der Waals surface area contributed by atoms with Gasteiger partial charge in [-0.1, -0.05) is 36.4 Å². The van der Waals surface area contributed by atoms with Gasteiger partial charge in [0.25, 0.3) is 5.91 Å². The Morgan fingerprint density at radius 2 is 1.61 bits per heavy atom. The minimum atomic E-state index is -0.382. The molecule has 0 heterocycles. The quantitative estimate of drug-likeness (QED) is 0.728. The van der Waals surface area contributed by atoms with Crippen LogP contribution < -0.4 is 10.1 Å². The first-order chi connectivity index (χ1) is 10.7. The van der Waals surface area contributed by atoms with Crippen molar-refractivity contribution in [3.8, 4) is 11.5 Å². The molecule has 0 atom stereocenters. The maximum Gasteiger partial charge on any atom is 0.259 e. The minimum absolute atomic E-state index is 0. The summed E-state index contributed by atoms with van der Waals surface area (Å²) in [6, 6.07) is 18.0. The molecule has 0 saturated heterocycles. The van der Waals surface area contributed by atoms with Crippen molar-refractivity contribution in [3.63, 3.8) is 0 Å². The van der Waals surface area contributed by atoms with Gasteiger partial charge in [0.05, 0.1) is 18.4 Å². The Balaban J connectivity index is 0.00000192. The number of hydrogen-bond donors (Lipinski definition) is 2. The zero-order valence-electron chi connectivity index (χ0n) is 13.0. The van der Waals surface area contributed by atoms with Crippen molar-refractivity contribution in [2.24, 2.45) is 0 Å². The molecule has 1 amide bonds. The second-order valence-electron chi connectivity index (χ2n) is 4.87. The molecule has 0 bridgehead atoms. The van der Waals surface area contributed by atoms with Crippen molar-refractivity contribution in [2.75, 3.05) is 12.4 Å². The van der Waals surface area contributed by atoms with E-state index in [2.05, 4.69) is 5.32 Å². The SMILES string of the molecule is COc1ccccc1NC(=O)c1cc2ccccc2cc1O.[Na]. The summed E-state index contributed by atoms with van der Waals surface area (Å²) in [5.41, 5.74) is 0.784. The Morgan fingerprint density at radius 3 is 2.30 bits per heavy atom. The predicted molar refractivity (Wildman–Crippen MR) is 92.3 cm³/mol. The van der Waals surface area contributed by atoms with Gasteiger partial charge in [0.1, 0.15) is 11.5 Å². The number of methoxy groups -OCH3 is 1. The van der Waals surface area contributed by atoms with E-state index in [0.717, 1.165) is 10.8 Å². The van der Waals surface area contributed by atoms with Crippen molar-refractivity contribution >= 4 is 51.9 Å². The Labute approximate surface area is 156 Å². The molecule has 0 fully saturated rings. The smallest absolute Gasteiger partial charge is 0.259 e. The number of anilines is 1. The number of phenols is 1. The third-order valence-corrected chi connectivity index (χ3v) is 3.46. The van der Waals surface area contributed by atoms with Crippen LogP contribution >= 0.6 is 0 Å². The largest absolute Gasteiger partial charge is 0.507 e. The third kappa shape index (κ3) is 3.67. The van der Waals surface area contributed by atoms with Crippen LogP contribution in [-0.4, -0.2) is 47.7 Å². The molecule has 0 aromatic heterocycles. The van der Waals surface area contributed by atoms with Gasteiger partial charge in [0, 0.05) is 29.6 Å². The molecule has 0 aliphatic heterocycles. The van der Waals surface area contributed by atoms with E-state index >= 15 is 0 Å². The summed E-state index contributed by atoms with van der Waals surface area (Å²) in [5.74, 6) is 0.134. The van der Waals surface area contributed by atoms with Gasteiger partial charge in [0.15, 0.2) is 0 Å². The fourth-order valence-corrected chi connectivity index (χ4v) is 2.35. The topological polar surface area (TPSA) is 58.6 Å². The zero-order valence-corrected chi connectivity index (χ0v) is 15.0. The van der Waals surface area contributed by atoms with Crippen LogP contribution in [0.4, 0.5) is 5.69 Å². The normalized spacial score (nSPS) is 9.96. The van der Waals surface area contributed by atoms with Crippen LogP contribution in [0.3, 0.4) is 0 Å². The monoisotopic (exact) mass is 316 g/mol. The number of hydrogen-bond acceptors (Lipinski definition) is 3. The molecule has 4 nitrogen and oxygen atoms in total. The van der Waals surface area contributed by atoms with E-state index in [1.807, 2.05) is 30.3 Å². The van der Waals surface area contributed by atoms with Gasteiger partial charge in [-0.05, 0) is 35.0 Å². The molecule has 3 aromatic carbocycles. The fourth-order valence-electron chi connectivity index (χ4n) is 2.35. The number of phenolic OH excluding ortho intramolecular Hbond substituents is 1. The van der Waals surface area contributed by atoms with E-state index in [-0.39, 0.29) is 46.8 Å². The average Bonchev–Trinajstić information content (AvgIpc) is 2.54. The first-order valence-electron chi connectivity index (χ1n) is 6.85. The van der Waals surface area contributed by atoms with Crippen LogP contribution in [0.5, 0.6) is 11.5 Å². The van der Waals surface area contributed by atoms with E-state index < -0.39 is 0 Å². The van der Waals surface area contributed by atoms with Crippen molar-refractivity contribution < 1.29 is 14.6 Å². The number of nitrogens with one attached hydrogen (secondary N) is 1. The van der Waals surface area contributed by atoms with Crippen LogP contribution in [0, 0.1) is 0 Å². The maximum absolute atomic E-state index is 12.4. The van der Waals surface area contributed by atoms with Gasteiger partial charge >= 0.3 is 0 Å². The second-order valence-corrected chi connectivity index (χ2v) is 4.87. The Morgan fingerprint density at radius 1 is 1.00 bits per heavy atom. The average molecular weight is 316 g/mol. The Kier molecular flexibility index (Phi) is 5.66. The minimum Gasteiger partial charge on any atom is -0.507 e. The van der Waals surface area contributed by atoms with Crippen LogP contribution in [0.15, 0.2) is 60.7 Å². The molecular weight excluding hydrogens is 301 g/mol. The maximum atomic E-state index is 12.4. The molecule has 3 aromatic rings. The first-order valence-corrected chi connectivity index (χ1v) is 6.85. The van der Waals surface area contributed by atoms with Crippen LogP contribution in [0.1, 0.15) is 10.4 Å². The molecule has 0 aliphatic carbocycles. The number of amides is 1. The second kappa shape index (κ2) is 7.51. The number of aromatic hydroxyl groups is 1. The standard InChI is InChI=1S/C18H15NO3.Na/c1-22-17-9-5-4-8-15(17)19-18(21)14-10-12-6-2-3-7-13(12)11-16(14)20;/h2-11,20H,1H3,(H,19,21);. The molecule has 23 heavy (non-hydrogen) atoms. The van der Waals surface area contributed by atoms with Crippen molar-refractivity contribution in [1.82, 2.24) is 0 Å². The third-order valence-electron chi connectivity index (χ3n) is 3.46. The van der Waals surface area contributed by atoms with E-state index in [1.165, 1.54) is 0 Å². The van der Waals surface area contributed by atoms with Crippen molar-refractivity contribution in [1.29, 1.82) is 0 Å². The summed E-state index contributed by atoms with van der Waals surface area (Å²) in [6.45, 7) is 0. The van der Waals surface area contributed by atoms with Gasteiger partial charge in [-0.15, -0.1) is 0 Å². The summed E-state index contributed by atoms with van der Waals surface area (Å²) in [7, 11) is 1.54. The molecule has 111 valence electrons. The number of fused-ring (bicyclic) bond motifs is 1. The molecule has 5 heteroatoms. The van der Waals surface area contributed by atoms with Gasteiger partial charge in [-0.2, -0.15) is 0 Å². The Hall–Kier alpha value is -2.01. The first kappa shape index (κ1) is 17.3. The zero-order chi connectivity index (χ0) is 15.5. The molecule has 0 unspecified atom stereocenters. The molecular formula is C18H15NNaO3. The van der Waals surface area contributed by atoms with Gasteiger partial charge in [-0.3, -0.25) is 4.79 Å². The van der Waals surface area contributed by atoms with Crippen LogP contribution in [0.2, 0.25) is 0 Å². The molecule has 0 aliphatic rings. The summed E-state index contributed by atoms with van der Waals surface area (Å²) in [5, 5.41) is 14.6. The summed E-state index contributed by atoms with van der Waals surface area (Å²) in [4.78, 5) is 12.4. The molecule has 0 spiro atoms. The van der Waals surface area contributed by atoms with Gasteiger partial charge < -0.3 is 15.2 Å². The van der Waals surface area contributed by atoms with Gasteiger partial charge in [0.2, 0.25) is 0 Å².